The Morgan fingerprint density at radius 3 is 3.11 bits per heavy atom. The lowest BCUT2D eigenvalue weighted by molar-refractivity contribution is -0.135. The van der Waals surface area contributed by atoms with E-state index in [4.69, 9.17) is 5.73 Å². The Bertz CT molecular complexity index is 524. The second-order valence-corrected chi connectivity index (χ2v) is 6.04. The number of carbonyl (C=O) groups is 1. The molecule has 1 fully saturated rings. The van der Waals surface area contributed by atoms with Crippen molar-refractivity contribution in [2.24, 2.45) is 5.73 Å². The van der Waals surface area contributed by atoms with E-state index < -0.39 is 5.54 Å². The van der Waals surface area contributed by atoms with E-state index in [2.05, 4.69) is 28.1 Å². The Morgan fingerprint density at radius 2 is 2.37 bits per heavy atom. The molecule has 1 amide bonds. The second-order valence-electron chi connectivity index (χ2n) is 5.04. The Balaban J connectivity index is 2.08. The molecule has 0 aliphatic carbocycles. The number of thiophene rings is 1. The van der Waals surface area contributed by atoms with Crippen LogP contribution in [0.25, 0.3) is 0 Å². The summed E-state index contributed by atoms with van der Waals surface area (Å²) in [6.45, 7) is 6.68. The molecular formula is C14H19N3OS. The molecule has 1 aliphatic heterocycles. The van der Waals surface area contributed by atoms with E-state index >= 15 is 0 Å². The van der Waals surface area contributed by atoms with Gasteiger partial charge in [0.1, 0.15) is 0 Å². The van der Waals surface area contributed by atoms with Gasteiger partial charge in [0.2, 0.25) is 5.91 Å². The highest BCUT2D eigenvalue weighted by Gasteiger charge is 2.37. The molecule has 5 heteroatoms. The van der Waals surface area contributed by atoms with Crippen molar-refractivity contribution in [3.63, 3.8) is 0 Å². The van der Waals surface area contributed by atoms with Crippen LogP contribution < -0.4 is 11.1 Å². The standard InChI is InChI=1S/C14H19N3OS/c1-14(2)13(18)16-6-7-17(14)9-12-8-11(10-19-12)4-3-5-15/h8,10H,5-7,9,15H2,1-2H3,(H,16,18). The summed E-state index contributed by atoms with van der Waals surface area (Å²) in [5, 5.41) is 4.94. The molecule has 1 aromatic rings. The molecule has 0 radical (unpaired) electrons. The number of nitrogens with zero attached hydrogens (tertiary/aromatic N) is 1. The molecule has 0 aromatic carbocycles. The van der Waals surface area contributed by atoms with Crippen LogP contribution in [0.1, 0.15) is 24.3 Å². The molecule has 1 aromatic heterocycles. The fourth-order valence-corrected chi connectivity index (χ4v) is 2.92. The summed E-state index contributed by atoms with van der Waals surface area (Å²) in [6.07, 6.45) is 0. The van der Waals surface area contributed by atoms with Gasteiger partial charge in [-0.1, -0.05) is 11.8 Å². The first-order valence-corrected chi connectivity index (χ1v) is 7.21. The fourth-order valence-electron chi connectivity index (χ4n) is 2.09. The minimum atomic E-state index is -0.453. The van der Waals surface area contributed by atoms with Gasteiger partial charge in [0, 0.05) is 35.5 Å². The van der Waals surface area contributed by atoms with E-state index in [1.165, 1.54) is 4.88 Å². The molecule has 2 rings (SSSR count). The molecule has 0 saturated carbocycles. The number of hydrogen-bond acceptors (Lipinski definition) is 4. The molecule has 1 aliphatic rings. The van der Waals surface area contributed by atoms with Crippen LogP contribution in [0.5, 0.6) is 0 Å². The van der Waals surface area contributed by atoms with Crippen LogP contribution in [0.15, 0.2) is 11.4 Å². The lowest BCUT2D eigenvalue weighted by Gasteiger charge is -2.40. The fraction of sp³-hybridized carbons (Fsp3) is 0.500. The van der Waals surface area contributed by atoms with Gasteiger partial charge in [0.15, 0.2) is 0 Å². The highest BCUT2D eigenvalue weighted by atomic mass is 32.1. The van der Waals surface area contributed by atoms with Crippen LogP contribution in [-0.4, -0.2) is 36.0 Å². The molecule has 102 valence electrons. The number of rotatable bonds is 2. The number of nitrogens with two attached hydrogens (primary N) is 1. The van der Waals surface area contributed by atoms with E-state index in [0.29, 0.717) is 13.1 Å². The molecule has 2 heterocycles. The van der Waals surface area contributed by atoms with Crippen LogP contribution in [0.3, 0.4) is 0 Å². The molecule has 1 saturated heterocycles. The molecule has 3 N–H and O–H groups in total. The number of hydrogen-bond donors (Lipinski definition) is 2. The largest absolute Gasteiger partial charge is 0.353 e. The minimum absolute atomic E-state index is 0.0958. The maximum Gasteiger partial charge on any atom is 0.240 e. The first kappa shape index (κ1) is 14.1. The lowest BCUT2D eigenvalue weighted by Crippen LogP contribution is -2.61. The number of amides is 1. The summed E-state index contributed by atoms with van der Waals surface area (Å²) in [6, 6.07) is 2.08. The Hall–Kier alpha value is -1.35. The van der Waals surface area contributed by atoms with Gasteiger partial charge in [-0.25, -0.2) is 0 Å². The first-order valence-electron chi connectivity index (χ1n) is 6.33. The van der Waals surface area contributed by atoms with Crippen LogP contribution in [0, 0.1) is 11.8 Å². The first-order chi connectivity index (χ1) is 9.04. The van der Waals surface area contributed by atoms with Crippen LogP contribution in [0.4, 0.5) is 0 Å². The number of carbonyl (C=O) groups excluding carboxylic acids is 1. The van der Waals surface area contributed by atoms with Gasteiger partial charge in [0.05, 0.1) is 12.1 Å². The highest BCUT2D eigenvalue weighted by molar-refractivity contribution is 7.10. The maximum absolute atomic E-state index is 11.9. The summed E-state index contributed by atoms with van der Waals surface area (Å²) >= 11 is 1.68. The average molecular weight is 277 g/mol. The van der Waals surface area contributed by atoms with Gasteiger partial charge >= 0.3 is 0 Å². The maximum atomic E-state index is 11.9. The van der Waals surface area contributed by atoms with E-state index in [0.717, 1.165) is 18.7 Å². The second kappa shape index (κ2) is 5.74. The zero-order valence-corrected chi connectivity index (χ0v) is 12.1. The molecule has 0 atom stereocenters. The highest BCUT2D eigenvalue weighted by Crippen LogP contribution is 2.23. The third-order valence-corrected chi connectivity index (χ3v) is 4.27. The molecule has 19 heavy (non-hydrogen) atoms. The monoisotopic (exact) mass is 277 g/mol. The molecule has 0 spiro atoms. The summed E-state index contributed by atoms with van der Waals surface area (Å²) in [5.41, 5.74) is 5.91. The van der Waals surface area contributed by atoms with Gasteiger partial charge in [-0.05, 0) is 19.9 Å². The summed E-state index contributed by atoms with van der Waals surface area (Å²) in [4.78, 5) is 15.3. The SMILES string of the molecule is CC1(C)C(=O)NCCN1Cc1cc(C#CCN)cs1. The zero-order chi connectivity index (χ0) is 13.9. The van der Waals surface area contributed by atoms with Crippen molar-refractivity contribution in [3.8, 4) is 11.8 Å². The van der Waals surface area contributed by atoms with E-state index in [-0.39, 0.29) is 5.91 Å². The van der Waals surface area contributed by atoms with Crippen LogP contribution in [-0.2, 0) is 11.3 Å². The average Bonchev–Trinajstić information content (AvgIpc) is 2.81. The Morgan fingerprint density at radius 1 is 1.58 bits per heavy atom. The quantitative estimate of drug-likeness (QED) is 0.785. The van der Waals surface area contributed by atoms with E-state index in [9.17, 15) is 4.79 Å². The minimum Gasteiger partial charge on any atom is -0.353 e. The smallest absolute Gasteiger partial charge is 0.240 e. The Kier molecular flexibility index (Phi) is 4.25. The van der Waals surface area contributed by atoms with Crippen molar-refractivity contribution < 1.29 is 4.79 Å². The number of piperazine rings is 1. The number of nitrogens with one attached hydrogen (secondary N) is 1. The summed E-state index contributed by atoms with van der Waals surface area (Å²) in [5.74, 6) is 5.98. The molecule has 0 bridgehead atoms. The predicted octanol–water partition coefficient (Wildman–Crippen LogP) is 0.769. The van der Waals surface area contributed by atoms with Gasteiger partial charge in [-0.15, -0.1) is 11.3 Å². The molecular weight excluding hydrogens is 258 g/mol. The zero-order valence-electron chi connectivity index (χ0n) is 11.3. The summed E-state index contributed by atoms with van der Waals surface area (Å²) in [7, 11) is 0. The molecule has 0 unspecified atom stereocenters. The van der Waals surface area contributed by atoms with Gasteiger partial charge < -0.3 is 11.1 Å². The van der Waals surface area contributed by atoms with E-state index in [1.54, 1.807) is 11.3 Å². The van der Waals surface area contributed by atoms with Crippen molar-refractivity contribution in [2.75, 3.05) is 19.6 Å². The Labute approximate surface area is 118 Å². The molecule has 4 nitrogen and oxygen atoms in total. The topological polar surface area (TPSA) is 58.4 Å². The van der Waals surface area contributed by atoms with Crippen molar-refractivity contribution in [3.05, 3.63) is 21.9 Å². The van der Waals surface area contributed by atoms with Gasteiger partial charge in [-0.2, -0.15) is 0 Å². The van der Waals surface area contributed by atoms with Crippen LogP contribution >= 0.6 is 11.3 Å². The van der Waals surface area contributed by atoms with Crippen molar-refractivity contribution in [1.29, 1.82) is 0 Å². The van der Waals surface area contributed by atoms with Crippen molar-refractivity contribution in [2.45, 2.75) is 25.9 Å². The lowest BCUT2D eigenvalue weighted by atomic mass is 9.99. The van der Waals surface area contributed by atoms with Crippen molar-refractivity contribution in [1.82, 2.24) is 10.2 Å². The normalized spacial score (nSPS) is 18.6. The van der Waals surface area contributed by atoms with Crippen molar-refractivity contribution >= 4 is 17.2 Å². The van der Waals surface area contributed by atoms with E-state index in [1.807, 2.05) is 19.2 Å². The van der Waals surface area contributed by atoms with Crippen LogP contribution in [0.2, 0.25) is 0 Å². The van der Waals surface area contributed by atoms with Gasteiger partial charge in [-0.3, -0.25) is 9.69 Å². The third-order valence-electron chi connectivity index (χ3n) is 3.35. The predicted molar refractivity (Wildman–Crippen MR) is 77.8 cm³/mol. The third kappa shape index (κ3) is 3.16. The summed E-state index contributed by atoms with van der Waals surface area (Å²) < 4.78 is 0. The van der Waals surface area contributed by atoms with Gasteiger partial charge in [0.25, 0.3) is 0 Å².